The molecule has 2 N–H and O–H groups in total. The Hall–Kier alpha value is -3.80. The third kappa shape index (κ3) is 6.70. The zero-order valence-electron chi connectivity index (χ0n) is 15.8. The van der Waals surface area contributed by atoms with Crippen LogP contribution in [0.1, 0.15) is 21.7 Å². The maximum Gasteiger partial charge on any atom is 0.287 e. The first-order valence-corrected chi connectivity index (χ1v) is 9.25. The van der Waals surface area contributed by atoms with E-state index >= 15 is 0 Å². The van der Waals surface area contributed by atoms with Crippen LogP contribution in [0.3, 0.4) is 0 Å². The summed E-state index contributed by atoms with van der Waals surface area (Å²) < 4.78 is 10.7. The standard InChI is InChI=1S/C23H22N2O4/c26-22(24-14-15-25-23(27)21-7-4-16-28-21)13-10-18-8-11-20(12-9-18)29-17-19-5-2-1-3-6-19/h1-13,16H,14-15,17H2,(H,24,26)(H,25,27)/b13-10+. The number of hydrogen-bond acceptors (Lipinski definition) is 4. The molecule has 6 heteroatoms. The third-order valence-corrected chi connectivity index (χ3v) is 4.01. The van der Waals surface area contributed by atoms with E-state index in [1.807, 2.05) is 54.6 Å². The SMILES string of the molecule is O=C(/C=C/c1ccc(OCc2ccccc2)cc1)NCCNC(=O)c1ccco1. The smallest absolute Gasteiger partial charge is 0.287 e. The maximum atomic E-state index is 11.9. The van der Waals surface area contributed by atoms with Gasteiger partial charge in [0.2, 0.25) is 5.91 Å². The molecule has 0 radical (unpaired) electrons. The van der Waals surface area contributed by atoms with Gasteiger partial charge in [-0.25, -0.2) is 0 Å². The maximum absolute atomic E-state index is 11.9. The summed E-state index contributed by atoms with van der Waals surface area (Å²) in [5.74, 6) is 0.464. The zero-order valence-corrected chi connectivity index (χ0v) is 15.8. The van der Waals surface area contributed by atoms with E-state index in [0.717, 1.165) is 16.9 Å². The highest BCUT2D eigenvalue weighted by Crippen LogP contribution is 2.15. The van der Waals surface area contributed by atoms with Crippen molar-refractivity contribution in [2.75, 3.05) is 13.1 Å². The lowest BCUT2D eigenvalue weighted by atomic mass is 10.2. The van der Waals surface area contributed by atoms with E-state index < -0.39 is 0 Å². The molecule has 0 fully saturated rings. The lowest BCUT2D eigenvalue weighted by molar-refractivity contribution is -0.116. The van der Waals surface area contributed by atoms with E-state index in [-0.39, 0.29) is 17.6 Å². The number of nitrogens with one attached hydrogen (secondary N) is 2. The molecule has 1 heterocycles. The van der Waals surface area contributed by atoms with Gasteiger partial charge < -0.3 is 19.8 Å². The highest BCUT2D eigenvalue weighted by molar-refractivity contribution is 5.92. The lowest BCUT2D eigenvalue weighted by Gasteiger charge is -2.06. The molecule has 0 unspecified atom stereocenters. The van der Waals surface area contributed by atoms with Crippen molar-refractivity contribution in [1.29, 1.82) is 0 Å². The first kappa shape index (κ1) is 19.9. The van der Waals surface area contributed by atoms with E-state index in [9.17, 15) is 9.59 Å². The molecule has 3 aromatic rings. The van der Waals surface area contributed by atoms with Crippen molar-refractivity contribution in [2.24, 2.45) is 0 Å². The molecular weight excluding hydrogens is 368 g/mol. The topological polar surface area (TPSA) is 80.6 Å². The molecule has 148 valence electrons. The summed E-state index contributed by atoms with van der Waals surface area (Å²) in [6.07, 6.45) is 4.61. The van der Waals surface area contributed by atoms with Crippen molar-refractivity contribution in [3.63, 3.8) is 0 Å². The lowest BCUT2D eigenvalue weighted by Crippen LogP contribution is -2.33. The summed E-state index contributed by atoms with van der Waals surface area (Å²) in [5.41, 5.74) is 1.99. The minimum atomic E-state index is -0.311. The zero-order chi connectivity index (χ0) is 20.3. The van der Waals surface area contributed by atoms with Crippen molar-refractivity contribution < 1.29 is 18.7 Å². The number of amides is 2. The van der Waals surface area contributed by atoms with Gasteiger partial charge in [-0.05, 0) is 41.5 Å². The fourth-order valence-electron chi connectivity index (χ4n) is 2.50. The van der Waals surface area contributed by atoms with Gasteiger partial charge in [0.1, 0.15) is 12.4 Å². The molecule has 2 amide bonds. The summed E-state index contributed by atoms with van der Waals surface area (Å²) in [7, 11) is 0. The fourth-order valence-corrected chi connectivity index (χ4v) is 2.50. The molecule has 29 heavy (non-hydrogen) atoms. The van der Waals surface area contributed by atoms with Crippen LogP contribution >= 0.6 is 0 Å². The van der Waals surface area contributed by atoms with E-state index in [2.05, 4.69) is 10.6 Å². The Bertz CT molecular complexity index is 933. The van der Waals surface area contributed by atoms with Crippen molar-refractivity contribution in [1.82, 2.24) is 10.6 Å². The van der Waals surface area contributed by atoms with Crippen molar-refractivity contribution >= 4 is 17.9 Å². The summed E-state index contributed by atoms with van der Waals surface area (Å²) in [6.45, 7) is 1.14. The van der Waals surface area contributed by atoms with Crippen molar-refractivity contribution in [3.05, 3.63) is 96.0 Å². The molecular formula is C23H22N2O4. The Balaban J connectivity index is 1.36. The number of carbonyl (C=O) groups excluding carboxylic acids is 2. The van der Waals surface area contributed by atoms with Crippen LogP contribution in [0.5, 0.6) is 5.75 Å². The van der Waals surface area contributed by atoms with Crippen LogP contribution in [0.25, 0.3) is 6.08 Å². The molecule has 0 saturated carbocycles. The van der Waals surface area contributed by atoms with Gasteiger partial charge in [-0.2, -0.15) is 0 Å². The summed E-state index contributed by atoms with van der Waals surface area (Å²) in [6, 6.07) is 20.7. The summed E-state index contributed by atoms with van der Waals surface area (Å²) >= 11 is 0. The Morgan fingerprint density at radius 1 is 0.897 bits per heavy atom. The van der Waals surface area contributed by atoms with Crippen LogP contribution in [0, 0.1) is 0 Å². The van der Waals surface area contributed by atoms with E-state index in [4.69, 9.17) is 9.15 Å². The van der Waals surface area contributed by atoms with Gasteiger partial charge in [-0.15, -0.1) is 0 Å². The second kappa shape index (κ2) is 10.5. The minimum Gasteiger partial charge on any atom is -0.489 e. The van der Waals surface area contributed by atoms with Crippen LogP contribution in [-0.4, -0.2) is 24.9 Å². The summed E-state index contributed by atoms with van der Waals surface area (Å²) in [4.78, 5) is 23.5. The Kier molecular flexibility index (Phi) is 7.23. The number of hydrogen-bond donors (Lipinski definition) is 2. The second-order valence-corrected chi connectivity index (χ2v) is 6.20. The molecule has 0 spiro atoms. The van der Waals surface area contributed by atoms with Gasteiger partial charge >= 0.3 is 0 Å². The van der Waals surface area contributed by atoms with Gasteiger partial charge in [0.15, 0.2) is 5.76 Å². The Morgan fingerprint density at radius 3 is 2.38 bits per heavy atom. The van der Waals surface area contributed by atoms with E-state index in [1.54, 1.807) is 18.2 Å². The number of benzene rings is 2. The van der Waals surface area contributed by atoms with Crippen molar-refractivity contribution in [2.45, 2.75) is 6.61 Å². The van der Waals surface area contributed by atoms with Crippen LogP contribution in [0.15, 0.2) is 83.5 Å². The molecule has 1 aromatic heterocycles. The number of carbonyl (C=O) groups is 2. The molecule has 0 saturated heterocycles. The van der Waals surface area contributed by atoms with Gasteiger partial charge in [0.05, 0.1) is 6.26 Å². The van der Waals surface area contributed by atoms with Gasteiger partial charge in [-0.3, -0.25) is 9.59 Å². The van der Waals surface area contributed by atoms with Crippen LogP contribution in [0.2, 0.25) is 0 Å². The van der Waals surface area contributed by atoms with Gasteiger partial charge in [0.25, 0.3) is 5.91 Å². The molecule has 0 bridgehead atoms. The molecule has 0 aliphatic carbocycles. The molecule has 3 rings (SSSR count). The Labute approximate surface area is 169 Å². The Morgan fingerprint density at radius 2 is 1.66 bits per heavy atom. The highest BCUT2D eigenvalue weighted by Gasteiger charge is 2.06. The first-order valence-electron chi connectivity index (χ1n) is 9.25. The predicted octanol–water partition coefficient (Wildman–Crippen LogP) is 3.42. The third-order valence-electron chi connectivity index (χ3n) is 4.01. The molecule has 0 aliphatic rings. The fraction of sp³-hybridized carbons (Fsp3) is 0.130. The normalized spacial score (nSPS) is 10.6. The quantitative estimate of drug-likeness (QED) is 0.433. The molecule has 6 nitrogen and oxygen atoms in total. The number of rotatable bonds is 9. The van der Waals surface area contributed by atoms with Crippen molar-refractivity contribution in [3.8, 4) is 5.75 Å². The van der Waals surface area contributed by atoms with E-state index in [0.29, 0.717) is 19.7 Å². The van der Waals surface area contributed by atoms with Gasteiger partial charge in [-0.1, -0.05) is 42.5 Å². The molecule has 2 aromatic carbocycles. The number of ether oxygens (including phenoxy) is 1. The average molecular weight is 390 g/mol. The van der Waals surface area contributed by atoms with Gasteiger partial charge in [0, 0.05) is 19.2 Å². The second-order valence-electron chi connectivity index (χ2n) is 6.20. The van der Waals surface area contributed by atoms with Crippen LogP contribution < -0.4 is 15.4 Å². The average Bonchev–Trinajstić information content (AvgIpc) is 3.30. The molecule has 0 atom stereocenters. The molecule has 0 aliphatic heterocycles. The van der Waals surface area contributed by atoms with Crippen LogP contribution in [0.4, 0.5) is 0 Å². The number of furan rings is 1. The van der Waals surface area contributed by atoms with Crippen LogP contribution in [-0.2, 0) is 11.4 Å². The highest BCUT2D eigenvalue weighted by atomic mass is 16.5. The van der Waals surface area contributed by atoms with E-state index in [1.165, 1.54) is 12.3 Å². The monoisotopic (exact) mass is 390 g/mol. The summed E-state index contributed by atoms with van der Waals surface area (Å²) in [5, 5.41) is 5.37. The predicted molar refractivity (Wildman–Crippen MR) is 110 cm³/mol. The first-order chi connectivity index (χ1) is 14.2. The largest absolute Gasteiger partial charge is 0.489 e. The minimum absolute atomic E-state index is 0.235.